The zero-order chi connectivity index (χ0) is 8.60. The predicted molar refractivity (Wildman–Crippen MR) is 41.4 cm³/mol. The Balaban J connectivity index is 2.08. The molecule has 0 saturated heterocycles. The highest BCUT2D eigenvalue weighted by atomic mass is 16.3. The lowest BCUT2D eigenvalue weighted by atomic mass is 9.80. The molecule has 1 aromatic heterocycles. The van der Waals surface area contributed by atoms with E-state index in [1.165, 1.54) is 0 Å². The fraction of sp³-hybridized carbons (Fsp3) is 0.857. The number of aliphatic hydroxyl groups is 1. The van der Waals surface area contributed by atoms with Crippen LogP contribution < -0.4 is 0 Å². The maximum absolute atomic E-state index is 9.79. The van der Waals surface area contributed by atoms with Gasteiger partial charge in [-0.15, -0.1) is 5.10 Å². The second-order valence-electron chi connectivity index (χ2n) is 3.46. The summed E-state index contributed by atoms with van der Waals surface area (Å²) >= 11 is 0. The van der Waals surface area contributed by atoms with Crippen LogP contribution in [0.2, 0.25) is 0 Å². The van der Waals surface area contributed by atoms with Gasteiger partial charge in [-0.2, -0.15) is 0 Å². The third kappa shape index (κ3) is 1.20. The van der Waals surface area contributed by atoms with Gasteiger partial charge < -0.3 is 5.11 Å². The first-order chi connectivity index (χ1) is 5.70. The van der Waals surface area contributed by atoms with E-state index in [-0.39, 0.29) is 0 Å². The van der Waals surface area contributed by atoms with Gasteiger partial charge in [0.2, 0.25) is 0 Å². The number of hydrogen-bond donors (Lipinski definition) is 1. The molecule has 0 bridgehead atoms. The lowest BCUT2D eigenvalue weighted by Crippen LogP contribution is -2.41. The molecule has 5 heteroatoms. The Kier molecular flexibility index (Phi) is 1.61. The molecule has 0 radical (unpaired) electrons. The molecule has 1 fully saturated rings. The third-order valence-corrected chi connectivity index (χ3v) is 2.44. The summed E-state index contributed by atoms with van der Waals surface area (Å²) in [7, 11) is 0. The van der Waals surface area contributed by atoms with E-state index in [1.54, 1.807) is 4.68 Å². The second-order valence-corrected chi connectivity index (χ2v) is 3.46. The van der Waals surface area contributed by atoms with Crippen molar-refractivity contribution in [3.05, 3.63) is 5.82 Å². The van der Waals surface area contributed by atoms with Crippen molar-refractivity contribution in [3.8, 4) is 0 Å². The maximum Gasteiger partial charge on any atom is 0.148 e. The van der Waals surface area contributed by atoms with Gasteiger partial charge in [-0.25, -0.2) is 4.68 Å². The van der Waals surface area contributed by atoms with Crippen molar-refractivity contribution in [3.63, 3.8) is 0 Å². The molecule has 0 unspecified atom stereocenters. The van der Waals surface area contributed by atoms with E-state index in [0.717, 1.165) is 25.1 Å². The van der Waals surface area contributed by atoms with E-state index >= 15 is 0 Å². The molecule has 1 saturated carbocycles. The number of hydrogen-bond acceptors (Lipinski definition) is 4. The van der Waals surface area contributed by atoms with Crippen LogP contribution in [0.3, 0.4) is 0 Å². The Labute approximate surface area is 70.4 Å². The zero-order valence-corrected chi connectivity index (χ0v) is 7.06. The van der Waals surface area contributed by atoms with E-state index in [0.29, 0.717) is 6.54 Å². The van der Waals surface area contributed by atoms with Gasteiger partial charge in [0, 0.05) is 0 Å². The van der Waals surface area contributed by atoms with Gasteiger partial charge in [0.1, 0.15) is 5.82 Å². The number of tetrazole rings is 1. The lowest BCUT2D eigenvalue weighted by Gasteiger charge is -2.36. The van der Waals surface area contributed by atoms with Crippen molar-refractivity contribution < 1.29 is 5.11 Å². The Bertz CT molecular complexity index is 279. The molecular formula is C7H12N4O. The van der Waals surface area contributed by atoms with Crippen LogP contribution in [-0.2, 0) is 6.54 Å². The van der Waals surface area contributed by atoms with Gasteiger partial charge in [0.15, 0.2) is 0 Å². The fourth-order valence-corrected chi connectivity index (χ4v) is 1.42. The highest BCUT2D eigenvalue weighted by molar-refractivity contribution is 4.89. The molecule has 0 aromatic carbocycles. The Hall–Kier alpha value is -0.970. The molecule has 12 heavy (non-hydrogen) atoms. The van der Waals surface area contributed by atoms with Gasteiger partial charge in [-0.05, 0) is 36.6 Å². The normalized spacial score (nSPS) is 20.5. The van der Waals surface area contributed by atoms with Crippen molar-refractivity contribution in [2.75, 3.05) is 0 Å². The molecule has 0 spiro atoms. The van der Waals surface area contributed by atoms with Crippen LogP contribution in [0.1, 0.15) is 25.1 Å². The Morgan fingerprint density at radius 2 is 2.33 bits per heavy atom. The molecule has 2 rings (SSSR count). The van der Waals surface area contributed by atoms with Gasteiger partial charge >= 0.3 is 0 Å². The average Bonchev–Trinajstić information content (AvgIpc) is 2.34. The fourth-order valence-electron chi connectivity index (χ4n) is 1.42. The van der Waals surface area contributed by atoms with Gasteiger partial charge in [-0.1, -0.05) is 0 Å². The molecule has 66 valence electrons. The molecule has 0 atom stereocenters. The first kappa shape index (κ1) is 7.67. The number of aryl methyl sites for hydroxylation is 1. The molecule has 1 aliphatic rings. The van der Waals surface area contributed by atoms with Crippen molar-refractivity contribution in [2.45, 2.75) is 38.3 Å². The minimum atomic E-state index is -0.542. The topological polar surface area (TPSA) is 63.8 Å². The summed E-state index contributed by atoms with van der Waals surface area (Å²) in [5.74, 6) is 0.760. The first-order valence-corrected chi connectivity index (χ1v) is 4.15. The van der Waals surface area contributed by atoms with Gasteiger partial charge in [0.25, 0.3) is 0 Å². The van der Waals surface area contributed by atoms with E-state index in [4.69, 9.17) is 0 Å². The lowest BCUT2D eigenvalue weighted by molar-refractivity contribution is -0.0506. The van der Waals surface area contributed by atoms with E-state index in [2.05, 4.69) is 15.5 Å². The van der Waals surface area contributed by atoms with Crippen molar-refractivity contribution in [2.24, 2.45) is 0 Å². The van der Waals surface area contributed by atoms with Crippen LogP contribution in [0.15, 0.2) is 0 Å². The van der Waals surface area contributed by atoms with E-state index in [1.807, 2.05) is 6.92 Å². The second kappa shape index (κ2) is 2.52. The zero-order valence-electron chi connectivity index (χ0n) is 7.06. The van der Waals surface area contributed by atoms with Crippen molar-refractivity contribution in [1.82, 2.24) is 20.2 Å². The van der Waals surface area contributed by atoms with E-state index < -0.39 is 5.60 Å². The van der Waals surface area contributed by atoms with Crippen LogP contribution in [-0.4, -0.2) is 30.9 Å². The van der Waals surface area contributed by atoms with E-state index in [9.17, 15) is 5.11 Å². The number of aromatic nitrogens is 4. The smallest absolute Gasteiger partial charge is 0.148 e. The van der Waals surface area contributed by atoms with Crippen LogP contribution in [0.4, 0.5) is 0 Å². The minimum Gasteiger partial charge on any atom is -0.388 e. The minimum absolute atomic E-state index is 0.534. The molecule has 1 N–H and O–H groups in total. The van der Waals surface area contributed by atoms with Crippen molar-refractivity contribution >= 4 is 0 Å². The molecule has 5 nitrogen and oxygen atoms in total. The Morgan fingerprint density at radius 1 is 1.58 bits per heavy atom. The summed E-state index contributed by atoms with van der Waals surface area (Å²) in [6, 6.07) is 0. The Morgan fingerprint density at radius 3 is 2.75 bits per heavy atom. The third-order valence-electron chi connectivity index (χ3n) is 2.44. The number of nitrogens with zero attached hydrogens (tertiary/aromatic N) is 4. The number of rotatable bonds is 2. The summed E-state index contributed by atoms with van der Waals surface area (Å²) < 4.78 is 1.65. The molecule has 1 aliphatic carbocycles. The van der Waals surface area contributed by atoms with Crippen molar-refractivity contribution in [1.29, 1.82) is 0 Å². The standard InChI is InChI=1S/C7H12N4O/c1-6-8-9-10-11(6)5-7(12)3-2-4-7/h12H,2-5H2,1H3. The van der Waals surface area contributed by atoms with Gasteiger partial charge in [0.05, 0.1) is 12.1 Å². The van der Waals surface area contributed by atoms with Crippen LogP contribution in [0.25, 0.3) is 0 Å². The van der Waals surface area contributed by atoms with Crippen LogP contribution in [0, 0.1) is 6.92 Å². The highest BCUT2D eigenvalue weighted by Crippen LogP contribution is 2.32. The predicted octanol–water partition coefficient (Wildman–Crippen LogP) is -0.103. The molecule has 0 aliphatic heterocycles. The largest absolute Gasteiger partial charge is 0.388 e. The summed E-state index contributed by atoms with van der Waals surface area (Å²) in [5.41, 5.74) is -0.542. The monoisotopic (exact) mass is 168 g/mol. The average molecular weight is 168 g/mol. The van der Waals surface area contributed by atoms with Crippen LogP contribution >= 0.6 is 0 Å². The first-order valence-electron chi connectivity index (χ1n) is 4.15. The maximum atomic E-state index is 9.79. The summed E-state index contributed by atoms with van der Waals surface area (Å²) in [6.45, 7) is 2.37. The summed E-state index contributed by atoms with van der Waals surface area (Å²) in [5, 5.41) is 20.8. The highest BCUT2D eigenvalue weighted by Gasteiger charge is 2.35. The molecule has 1 aromatic rings. The van der Waals surface area contributed by atoms with Crippen LogP contribution in [0.5, 0.6) is 0 Å². The summed E-state index contributed by atoms with van der Waals surface area (Å²) in [6.07, 6.45) is 2.84. The quantitative estimate of drug-likeness (QED) is 0.669. The molecular weight excluding hydrogens is 156 g/mol. The molecule has 0 amide bonds. The summed E-state index contributed by atoms with van der Waals surface area (Å²) in [4.78, 5) is 0. The molecule has 1 heterocycles. The SMILES string of the molecule is Cc1nnnn1CC1(O)CCC1. The van der Waals surface area contributed by atoms with Gasteiger partial charge in [-0.3, -0.25) is 0 Å².